The third-order valence-corrected chi connectivity index (χ3v) is 3.66. The van der Waals surface area contributed by atoms with E-state index in [0.29, 0.717) is 12.5 Å². The second-order valence-electron chi connectivity index (χ2n) is 5.87. The fourth-order valence-corrected chi connectivity index (χ4v) is 2.61. The van der Waals surface area contributed by atoms with E-state index in [1.807, 2.05) is 31.3 Å². The number of carbonyl (C=O) groups is 1. The molecule has 0 bridgehead atoms. The highest BCUT2D eigenvalue weighted by molar-refractivity contribution is 5.84. The summed E-state index contributed by atoms with van der Waals surface area (Å²) in [6.45, 7) is 8.39. The van der Waals surface area contributed by atoms with Crippen molar-refractivity contribution in [1.29, 1.82) is 0 Å². The average molecular weight is 288 g/mol. The Bertz CT molecular complexity index is 496. The van der Waals surface area contributed by atoms with E-state index in [9.17, 15) is 4.79 Å². The first kappa shape index (κ1) is 15.6. The zero-order valence-electron chi connectivity index (χ0n) is 13.0. The molecule has 1 heterocycles. The Kier molecular flexibility index (Phi) is 5.02. The Labute approximate surface area is 126 Å². The molecule has 1 aliphatic heterocycles. The van der Waals surface area contributed by atoms with Gasteiger partial charge in [-0.25, -0.2) is 0 Å². The first-order valence-electron chi connectivity index (χ1n) is 7.39. The molecule has 1 saturated heterocycles. The van der Waals surface area contributed by atoms with Crippen LogP contribution in [0.4, 0.5) is 0 Å². The average Bonchev–Trinajstić information content (AvgIpc) is 2.73. The number of hydrogen-bond acceptors (Lipinski definition) is 3. The van der Waals surface area contributed by atoms with Gasteiger partial charge in [-0.1, -0.05) is 38.6 Å². The van der Waals surface area contributed by atoms with Gasteiger partial charge in [0, 0.05) is 7.05 Å². The second-order valence-corrected chi connectivity index (χ2v) is 5.87. The van der Waals surface area contributed by atoms with E-state index in [0.717, 1.165) is 17.7 Å². The fraction of sp³-hybridized carbons (Fsp3) is 0.471. The molecule has 1 aromatic carbocycles. The molecule has 4 nitrogen and oxygen atoms in total. The van der Waals surface area contributed by atoms with Gasteiger partial charge in [0.25, 0.3) is 0 Å². The number of likely N-dealkylation sites (N-methyl/N-ethyl adjacent to an activating group) is 1. The van der Waals surface area contributed by atoms with Crippen LogP contribution in [-0.2, 0) is 4.79 Å². The summed E-state index contributed by atoms with van der Waals surface area (Å²) in [7, 11) is 1.85. The largest absolute Gasteiger partial charge is 0.490 e. The maximum absolute atomic E-state index is 12.3. The lowest BCUT2D eigenvalue weighted by Crippen LogP contribution is -2.30. The van der Waals surface area contributed by atoms with Crippen molar-refractivity contribution in [2.24, 2.45) is 5.92 Å². The monoisotopic (exact) mass is 288 g/mol. The Balaban J connectivity index is 2.07. The Morgan fingerprint density at radius 1 is 1.38 bits per heavy atom. The van der Waals surface area contributed by atoms with Crippen molar-refractivity contribution in [3.8, 4) is 5.75 Å². The molecular formula is C17H24N2O2. The van der Waals surface area contributed by atoms with Crippen molar-refractivity contribution in [2.75, 3.05) is 13.7 Å². The van der Waals surface area contributed by atoms with Crippen molar-refractivity contribution < 1.29 is 9.53 Å². The van der Waals surface area contributed by atoms with Gasteiger partial charge < -0.3 is 9.64 Å². The number of amides is 1. The van der Waals surface area contributed by atoms with Crippen LogP contribution in [0.3, 0.4) is 0 Å². The molecule has 1 amide bonds. The Morgan fingerprint density at radius 3 is 2.62 bits per heavy atom. The van der Waals surface area contributed by atoms with Crippen LogP contribution in [0.5, 0.6) is 5.75 Å². The minimum absolute atomic E-state index is 0.0605. The second kappa shape index (κ2) is 6.76. The molecule has 0 radical (unpaired) electrons. The van der Waals surface area contributed by atoms with E-state index in [4.69, 9.17) is 4.74 Å². The molecule has 114 valence electrons. The maximum Gasteiger partial charge on any atom is 0.241 e. The van der Waals surface area contributed by atoms with Gasteiger partial charge in [0.05, 0.1) is 6.04 Å². The van der Waals surface area contributed by atoms with Crippen LogP contribution in [0.15, 0.2) is 36.9 Å². The number of nitrogens with one attached hydrogen (secondary N) is 1. The Hall–Kier alpha value is -1.81. The zero-order valence-corrected chi connectivity index (χ0v) is 13.0. The molecule has 2 unspecified atom stereocenters. The summed E-state index contributed by atoms with van der Waals surface area (Å²) >= 11 is 0. The van der Waals surface area contributed by atoms with E-state index in [1.54, 1.807) is 11.0 Å². The van der Waals surface area contributed by atoms with Gasteiger partial charge in [0.15, 0.2) is 0 Å². The molecule has 2 atom stereocenters. The van der Waals surface area contributed by atoms with Crippen LogP contribution in [0.25, 0.3) is 0 Å². The number of benzene rings is 1. The number of rotatable bonds is 6. The summed E-state index contributed by atoms with van der Waals surface area (Å²) in [5, 5.41) is 3.42. The molecule has 0 saturated carbocycles. The molecule has 1 fully saturated rings. The minimum atomic E-state index is -0.0864. The van der Waals surface area contributed by atoms with Crippen LogP contribution in [0, 0.1) is 5.92 Å². The zero-order chi connectivity index (χ0) is 15.4. The first-order valence-corrected chi connectivity index (χ1v) is 7.39. The van der Waals surface area contributed by atoms with Crippen LogP contribution < -0.4 is 10.1 Å². The SMILES string of the molecule is C=CCOc1ccc(C2NC(CC(C)C)C(=O)N2C)cc1. The van der Waals surface area contributed by atoms with Crippen LogP contribution in [0.1, 0.15) is 32.0 Å². The van der Waals surface area contributed by atoms with Gasteiger partial charge in [-0.3, -0.25) is 10.1 Å². The van der Waals surface area contributed by atoms with E-state index in [2.05, 4.69) is 25.7 Å². The maximum atomic E-state index is 12.3. The smallest absolute Gasteiger partial charge is 0.241 e. The van der Waals surface area contributed by atoms with Crippen molar-refractivity contribution in [3.05, 3.63) is 42.5 Å². The lowest BCUT2D eigenvalue weighted by Gasteiger charge is -2.20. The number of ether oxygens (including phenoxy) is 1. The van der Waals surface area contributed by atoms with E-state index >= 15 is 0 Å². The predicted molar refractivity (Wildman–Crippen MR) is 84.0 cm³/mol. The lowest BCUT2D eigenvalue weighted by molar-refractivity contribution is -0.129. The molecule has 1 aliphatic rings. The molecule has 4 heteroatoms. The quantitative estimate of drug-likeness (QED) is 0.818. The van der Waals surface area contributed by atoms with Gasteiger partial charge in [-0.15, -0.1) is 0 Å². The van der Waals surface area contributed by atoms with E-state index in [1.165, 1.54) is 0 Å². The number of carbonyl (C=O) groups excluding carboxylic acids is 1. The van der Waals surface area contributed by atoms with Gasteiger partial charge >= 0.3 is 0 Å². The molecule has 21 heavy (non-hydrogen) atoms. The lowest BCUT2D eigenvalue weighted by atomic mass is 10.0. The predicted octanol–water partition coefficient (Wildman–Crippen LogP) is 2.73. The molecule has 2 rings (SSSR count). The van der Waals surface area contributed by atoms with E-state index in [-0.39, 0.29) is 18.1 Å². The molecule has 1 aromatic rings. The third-order valence-electron chi connectivity index (χ3n) is 3.66. The minimum Gasteiger partial charge on any atom is -0.490 e. The molecule has 0 aliphatic carbocycles. The van der Waals surface area contributed by atoms with Crippen LogP contribution >= 0.6 is 0 Å². The van der Waals surface area contributed by atoms with Gasteiger partial charge in [-0.2, -0.15) is 0 Å². The molecule has 0 aromatic heterocycles. The van der Waals surface area contributed by atoms with Crippen LogP contribution in [-0.4, -0.2) is 30.5 Å². The summed E-state index contributed by atoms with van der Waals surface area (Å²) in [6, 6.07) is 7.76. The summed E-state index contributed by atoms with van der Waals surface area (Å²) in [5.74, 6) is 1.47. The molecular weight excluding hydrogens is 264 g/mol. The normalized spacial score (nSPS) is 21.9. The topological polar surface area (TPSA) is 41.6 Å². The Morgan fingerprint density at radius 2 is 2.05 bits per heavy atom. The summed E-state index contributed by atoms with van der Waals surface area (Å²) < 4.78 is 5.48. The van der Waals surface area contributed by atoms with Crippen molar-refractivity contribution >= 4 is 5.91 Å². The highest BCUT2D eigenvalue weighted by Crippen LogP contribution is 2.27. The number of nitrogens with zero attached hydrogens (tertiary/aromatic N) is 1. The summed E-state index contributed by atoms with van der Waals surface area (Å²) in [4.78, 5) is 14.0. The third kappa shape index (κ3) is 3.64. The molecule has 0 spiro atoms. The van der Waals surface area contributed by atoms with Gasteiger partial charge in [0.1, 0.15) is 18.5 Å². The van der Waals surface area contributed by atoms with Gasteiger partial charge in [-0.05, 0) is 30.0 Å². The van der Waals surface area contributed by atoms with Crippen LogP contribution in [0.2, 0.25) is 0 Å². The van der Waals surface area contributed by atoms with E-state index < -0.39 is 0 Å². The summed E-state index contributed by atoms with van der Waals surface area (Å²) in [5.41, 5.74) is 1.07. The summed E-state index contributed by atoms with van der Waals surface area (Å²) in [6.07, 6.45) is 2.52. The van der Waals surface area contributed by atoms with Crippen molar-refractivity contribution in [3.63, 3.8) is 0 Å². The van der Waals surface area contributed by atoms with Gasteiger partial charge in [0.2, 0.25) is 5.91 Å². The standard InChI is InChI=1S/C17H24N2O2/c1-5-10-21-14-8-6-13(7-9-14)16-18-15(11-12(2)3)17(20)19(16)4/h5-9,12,15-16,18H,1,10-11H2,2-4H3. The molecule has 1 N–H and O–H groups in total. The van der Waals surface area contributed by atoms with Crippen molar-refractivity contribution in [1.82, 2.24) is 10.2 Å². The highest BCUT2D eigenvalue weighted by Gasteiger charge is 2.37. The number of hydrogen-bond donors (Lipinski definition) is 1. The highest BCUT2D eigenvalue weighted by atomic mass is 16.5. The first-order chi connectivity index (χ1) is 10.0. The fourth-order valence-electron chi connectivity index (χ4n) is 2.61. The van der Waals surface area contributed by atoms with Crippen molar-refractivity contribution in [2.45, 2.75) is 32.5 Å².